The summed E-state index contributed by atoms with van der Waals surface area (Å²) in [5.41, 5.74) is 9.52. The summed E-state index contributed by atoms with van der Waals surface area (Å²) in [6.07, 6.45) is 1.69. The van der Waals surface area contributed by atoms with Crippen molar-refractivity contribution in [1.82, 2.24) is 14.5 Å². The van der Waals surface area contributed by atoms with E-state index in [0.717, 1.165) is 11.1 Å². The molecule has 0 radical (unpaired) electrons. The molecule has 3 aromatic rings. The van der Waals surface area contributed by atoms with E-state index in [0.29, 0.717) is 22.8 Å². The molecule has 0 saturated carbocycles. The molecule has 0 aliphatic heterocycles. The Morgan fingerprint density at radius 1 is 1.16 bits per heavy atom. The topological polar surface area (TPSA) is 56.7 Å². The molecule has 0 saturated heterocycles. The van der Waals surface area contributed by atoms with Gasteiger partial charge < -0.3 is 5.73 Å². The number of benzene rings is 1. The summed E-state index contributed by atoms with van der Waals surface area (Å²) in [5, 5.41) is 0. The quantitative estimate of drug-likeness (QED) is 0.728. The van der Waals surface area contributed by atoms with E-state index in [1.807, 2.05) is 13.0 Å². The highest BCUT2D eigenvalue weighted by Crippen LogP contribution is 2.24. The van der Waals surface area contributed by atoms with Gasteiger partial charge in [-0.05, 0) is 43.2 Å². The van der Waals surface area contributed by atoms with Crippen LogP contribution >= 0.6 is 0 Å². The number of hydrogen-bond acceptors (Lipinski definition) is 3. The predicted octanol–water partition coefficient (Wildman–Crippen LogP) is 2.76. The minimum Gasteiger partial charge on any atom is -0.369 e. The van der Waals surface area contributed by atoms with Gasteiger partial charge in [0.05, 0.1) is 5.69 Å². The number of halogens is 1. The second-order valence-electron chi connectivity index (χ2n) is 4.54. The first-order chi connectivity index (χ1) is 9.08. The maximum Gasteiger partial charge on any atom is 0.207 e. The van der Waals surface area contributed by atoms with Crippen LogP contribution in [0.25, 0.3) is 16.9 Å². The minimum absolute atomic E-state index is 0.272. The fraction of sp³-hybridized carbons (Fsp3) is 0.143. The molecule has 19 heavy (non-hydrogen) atoms. The average Bonchev–Trinajstić information content (AvgIpc) is 2.71. The number of aryl methyl sites for hydroxylation is 2. The van der Waals surface area contributed by atoms with Gasteiger partial charge in [0.25, 0.3) is 0 Å². The van der Waals surface area contributed by atoms with Crippen LogP contribution in [0.5, 0.6) is 0 Å². The van der Waals surface area contributed by atoms with Crippen LogP contribution in [0.4, 0.5) is 10.3 Å². The molecule has 0 spiro atoms. The molecule has 3 rings (SSSR count). The monoisotopic (exact) mass is 256 g/mol. The zero-order chi connectivity index (χ0) is 13.6. The third-order valence-corrected chi connectivity index (χ3v) is 3.19. The molecule has 0 amide bonds. The number of rotatable bonds is 1. The zero-order valence-electron chi connectivity index (χ0n) is 10.7. The second kappa shape index (κ2) is 4.05. The molecule has 0 unspecified atom stereocenters. The Morgan fingerprint density at radius 2 is 1.95 bits per heavy atom. The van der Waals surface area contributed by atoms with E-state index in [9.17, 15) is 4.39 Å². The highest BCUT2D eigenvalue weighted by molar-refractivity contribution is 5.79. The van der Waals surface area contributed by atoms with Crippen molar-refractivity contribution < 1.29 is 4.39 Å². The van der Waals surface area contributed by atoms with E-state index in [2.05, 4.69) is 9.97 Å². The largest absolute Gasteiger partial charge is 0.369 e. The summed E-state index contributed by atoms with van der Waals surface area (Å²) in [6.45, 7) is 3.66. The maximum atomic E-state index is 13.7. The van der Waals surface area contributed by atoms with Crippen molar-refractivity contribution in [2.24, 2.45) is 0 Å². The molecule has 0 bridgehead atoms. The third kappa shape index (κ3) is 1.74. The molecule has 0 aliphatic rings. The molecule has 2 aromatic heterocycles. The van der Waals surface area contributed by atoms with Crippen LogP contribution in [0.3, 0.4) is 0 Å². The molecule has 4 nitrogen and oxygen atoms in total. The van der Waals surface area contributed by atoms with E-state index >= 15 is 0 Å². The van der Waals surface area contributed by atoms with E-state index in [1.54, 1.807) is 29.8 Å². The molecule has 2 N–H and O–H groups in total. The smallest absolute Gasteiger partial charge is 0.207 e. The normalized spacial score (nSPS) is 11.1. The van der Waals surface area contributed by atoms with Crippen molar-refractivity contribution in [1.29, 1.82) is 0 Å². The van der Waals surface area contributed by atoms with Crippen LogP contribution in [-0.4, -0.2) is 14.5 Å². The first kappa shape index (κ1) is 11.6. The number of anilines is 1. The van der Waals surface area contributed by atoms with E-state index in [-0.39, 0.29) is 5.82 Å². The van der Waals surface area contributed by atoms with Crippen molar-refractivity contribution in [2.45, 2.75) is 13.8 Å². The van der Waals surface area contributed by atoms with E-state index < -0.39 is 0 Å². The lowest BCUT2D eigenvalue weighted by Gasteiger charge is -2.07. The van der Waals surface area contributed by atoms with Gasteiger partial charge in [0, 0.05) is 6.20 Å². The second-order valence-corrected chi connectivity index (χ2v) is 4.54. The van der Waals surface area contributed by atoms with Gasteiger partial charge in [-0.15, -0.1) is 0 Å². The van der Waals surface area contributed by atoms with E-state index in [1.165, 1.54) is 6.07 Å². The van der Waals surface area contributed by atoms with Crippen molar-refractivity contribution >= 4 is 17.1 Å². The molecule has 2 heterocycles. The molecule has 0 atom stereocenters. The molecular weight excluding hydrogens is 243 g/mol. The first-order valence-electron chi connectivity index (χ1n) is 5.94. The molecule has 0 aliphatic carbocycles. The lowest BCUT2D eigenvalue weighted by molar-refractivity contribution is 0.617. The summed E-state index contributed by atoms with van der Waals surface area (Å²) >= 11 is 0. The fourth-order valence-electron chi connectivity index (χ4n) is 2.09. The minimum atomic E-state index is -0.272. The molecule has 5 heteroatoms. The van der Waals surface area contributed by atoms with Gasteiger partial charge >= 0.3 is 0 Å². The number of nitrogen functional groups attached to an aromatic ring is 1. The Bertz CT molecular complexity index is 776. The van der Waals surface area contributed by atoms with Crippen LogP contribution < -0.4 is 5.73 Å². The number of imidazole rings is 1. The third-order valence-electron chi connectivity index (χ3n) is 3.19. The number of nitrogens with zero attached hydrogens (tertiary/aromatic N) is 3. The summed E-state index contributed by atoms with van der Waals surface area (Å²) in [4.78, 5) is 8.59. The average molecular weight is 256 g/mol. The predicted molar refractivity (Wildman–Crippen MR) is 72.7 cm³/mol. The van der Waals surface area contributed by atoms with Gasteiger partial charge in [-0.1, -0.05) is 6.07 Å². The first-order valence-corrected chi connectivity index (χ1v) is 5.94. The number of nitrogens with two attached hydrogens (primary N) is 1. The van der Waals surface area contributed by atoms with Crippen LogP contribution in [0.1, 0.15) is 11.1 Å². The van der Waals surface area contributed by atoms with Crippen LogP contribution in [0.2, 0.25) is 0 Å². The van der Waals surface area contributed by atoms with Crippen LogP contribution in [0.15, 0.2) is 30.5 Å². The van der Waals surface area contributed by atoms with Gasteiger partial charge in [-0.3, -0.25) is 4.57 Å². The maximum absolute atomic E-state index is 13.7. The molecule has 1 aromatic carbocycles. The van der Waals surface area contributed by atoms with Crippen molar-refractivity contribution in [3.8, 4) is 5.69 Å². The summed E-state index contributed by atoms with van der Waals surface area (Å²) < 4.78 is 15.3. The molecular formula is C14H13FN4. The summed E-state index contributed by atoms with van der Waals surface area (Å²) in [6, 6.07) is 6.83. The van der Waals surface area contributed by atoms with Crippen LogP contribution in [0, 0.1) is 19.7 Å². The SMILES string of the molecule is Cc1ccc(-n2c(N)nc3c(C)ccnc32)cc1F. The Balaban J connectivity index is 2.33. The number of hydrogen-bond donors (Lipinski definition) is 1. The van der Waals surface area contributed by atoms with Gasteiger partial charge in [0.15, 0.2) is 5.65 Å². The summed E-state index contributed by atoms with van der Waals surface area (Å²) in [5.74, 6) is 0.0338. The highest BCUT2D eigenvalue weighted by Gasteiger charge is 2.13. The van der Waals surface area contributed by atoms with Gasteiger partial charge in [-0.25, -0.2) is 14.4 Å². The number of fused-ring (bicyclic) bond motifs is 1. The Morgan fingerprint density at radius 3 is 2.68 bits per heavy atom. The van der Waals surface area contributed by atoms with E-state index in [4.69, 9.17) is 5.73 Å². The highest BCUT2D eigenvalue weighted by atomic mass is 19.1. The van der Waals surface area contributed by atoms with Gasteiger partial charge in [-0.2, -0.15) is 0 Å². The van der Waals surface area contributed by atoms with Gasteiger partial charge in [0.1, 0.15) is 11.3 Å². The summed E-state index contributed by atoms with van der Waals surface area (Å²) in [7, 11) is 0. The van der Waals surface area contributed by atoms with Crippen molar-refractivity contribution in [3.63, 3.8) is 0 Å². The Hall–Kier alpha value is -2.43. The number of aromatic nitrogens is 3. The molecule has 0 fully saturated rings. The van der Waals surface area contributed by atoms with Gasteiger partial charge in [0.2, 0.25) is 5.95 Å². The van der Waals surface area contributed by atoms with Crippen LogP contribution in [-0.2, 0) is 0 Å². The lowest BCUT2D eigenvalue weighted by atomic mass is 10.2. The van der Waals surface area contributed by atoms with Crippen molar-refractivity contribution in [2.75, 3.05) is 5.73 Å². The molecule has 96 valence electrons. The fourth-order valence-corrected chi connectivity index (χ4v) is 2.09. The number of pyridine rings is 1. The zero-order valence-corrected chi connectivity index (χ0v) is 10.7. The standard InChI is InChI=1S/C14H13FN4/c1-8-3-4-10(7-11(8)15)19-13-12(18-14(19)16)9(2)5-6-17-13/h3-7H,1-2H3,(H2,16,18). The lowest BCUT2D eigenvalue weighted by Crippen LogP contribution is -2.02. The van der Waals surface area contributed by atoms with Crippen molar-refractivity contribution in [3.05, 3.63) is 47.4 Å². The Kier molecular flexibility index (Phi) is 2.48. The Labute approximate surface area is 109 Å².